The van der Waals surface area contributed by atoms with Crippen molar-refractivity contribution in [3.63, 3.8) is 0 Å². The van der Waals surface area contributed by atoms with E-state index in [0.29, 0.717) is 34.0 Å². The fourth-order valence-corrected chi connectivity index (χ4v) is 3.12. The summed E-state index contributed by atoms with van der Waals surface area (Å²) >= 11 is 0. The predicted octanol–water partition coefficient (Wildman–Crippen LogP) is 3.77. The van der Waals surface area contributed by atoms with E-state index in [1.165, 1.54) is 0 Å². The third kappa shape index (κ3) is 6.63. The van der Waals surface area contributed by atoms with Crippen LogP contribution in [0, 0.1) is 0 Å². The molecule has 1 heterocycles. The summed E-state index contributed by atoms with van der Waals surface area (Å²) in [5.74, 6) is 0.435. The van der Waals surface area contributed by atoms with Gasteiger partial charge in [0.05, 0.1) is 11.1 Å². The zero-order valence-corrected chi connectivity index (χ0v) is 18.3. The Balaban J connectivity index is 1.44. The Bertz CT molecular complexity index is 903. The van der Waals surface area contributed by atoms with Gasteiger partial charge in [0.15, 0.2) is 0 Å². The van der Waals surface area contributed by atoms with E-state index in [1.807, 2.05) is 60.7 Å². The van der Waals surface area contributed by atoms with Gasteiger partial charge in [-0.15, -0.1) is 0 Å². The lowest BCUT2D eigenvalue weighted by Gasteiger charge is -2.22. The molecule has 0 aliphatic carbocycles. The maximum Gasteiger partial charge on any atom is 0.336 e. The molecule has 0 amide bonds. The normalized spacial score (nSPS) is 13.3. The van der Waals surface area contributed by atoms with Crippen LogP contribution in [0.1, 0.15) is 20.3 Å². The molecule has 0 bridgehead atoms. The number of para-hydroxylation sites is 2. The van der Waals surface area contributed by atoms with Crippen LogP contribution in [0.3, 0.4) is 0 Å². The van der Waals surface area contributed by atoms with Crippen LogP contribution in [0.2, 0.25) is 0 Å². The highest BCUT2D eigenvalue weighted by Gasteiger charge is 2.27. The van der Waals surface area contributed by atoms with Gasteiger partial charge >= 0.3 is 11.9 Å². The number of ether oxygens (including phenoxy) is 4. The van der Waals surface area contributed by atoms with E-state index in [0.717, 1.165) is 0 Å². The zero-order valence-electron chi connectivity index (χ0n) is 18.3. The van der Waals surface area contributed by atoms with Crippen LogP contribution in [0.4, 0.5) is 0 Å². The standard InChI is InChI=1S/C25H27NO6/c1-18-22(24(27)31-15-13-29-20-9-5-3-6-10-20)17-23(19(2)26-18)25(28)32-16-14-30-21-11-7-4-8-12-21/h3-12,26H,13-17H2,1-2H3. The number of carbonyl (C=O) groups excluding carboxylic acids is 2. The van der Waals surface area contributed by atoms with Gasteiger partial charge < -0.3 is 24.3 Å². The lowest BCUT2D eigenvalue weighted by molar-refractivity contribution is -0.140. The Kier molecular flexibility index (Phi) is 8.31. The molecular weight excluding hydrogens is 410 g/mol. The minimum Gasteiger partial charge on any atom is -0.490 e. The summed E-state index contributed by atoms with van der Waals surface area (Å²) in [5.41, 5.74) is 2.09. The van der Waals surface area contributed by atoms with E-state index in [-0.39, 0.29) is 32.8 Å². The van der Waals surface area contributed by atoms with Gasteiger partial charge in [0.1, 0.15) is 37.9 Å². The minimum absolute atomic E-state index is 0.101. The highest BCUT2D eigenvalue weighted by molar-refractivity contribution is 5.96. The minimum atomic E-state index is -0.489. The van der Waals surface area contributed by atoms with Crippen LogP contribution >= 0.6 is 0 Å². The first-order valence-corrected chi connectivity index (χ1v) is 10.4. The molecule has 0 unspecified atom stereocenters. The van der Waals surface area contributed by atoms with E-state index in [2.05, 4.69) is 5.32 Å². The fourth-order valence-electron chi connectivity index (χ4n) is 3.12. The Morgan fingerprint density at radius 3 is 1.50 bits per heavy atom. The summed E-state index contributed by atoms with van der Waals surface area (Å²) in [6.07, 6.45) is 0.140. The highest BCUT2D eigenvalue weighted by Crippen LogP contribution is 2.24. The van der Waals surface area contributed by atoms with Crippen LogP contribution in [0.25, 0.3) is 0 Å². The Morgan fingerprint density at radius 1 is 0.688 bits per heavy atom. The third-order valence-electron chi connectivity index (χ3n) is 4.78. The van der Waals surface area contributed by atoms with Gasteiger partial charge in [0, 0.05) is 17.8 Å². The number of nitrogens with one attached hydrogen (secondary N) is 1. The second kappa shape index (κ2) is 11.6. The van der Waals surface area contributed by atoms with Crippen molar-refractivity contribution in [2.45, 2.75) is 20.3 Å². The average molecular weight is 437 g/mol. The van der Waals surface area contributed by atoms with E-state index in [9.17, 15) is 9.59 Å². The van der Waals surface area contributed by atoms with Crippen molar-refractivity contribution in [2.24, 2.45) is 0 Å². The second-order valence-electron chi connectivity index (χ2n) is 7.10. The van der Waals surface area contributed by atoms with Crippen molar-refractivity contribution in [2.75, 3.05) is 26.4 Å². The molecule has 168 valence electrons. The molecule has 1 N–H and O–H groups in total. The van der Waals surface area contributed by atoms with E-state index >= 15 is 0 Å². The second-order valence-corrected chi connectivity index (χ2v) is 7.10. The topological polar surface area (TPSA) is 83.1 Å². The van der Waals surface area contributed by atoms with Crippen molar-refractivity contribution < 1.29 is 28.5 Å². The Hall–Kier alpha value is -3.74. The zero-order chi connectivity index (χ0) is 22.8. The molecule has 0 saturated carbocycles. The van der Waals surface area contributed by atoms with E-state index in [4.69, 9.17) is 18.9 Å². The maximum atomic E-state index is 12.5. The van der Waals surface area contributed by atoms with Crippen LogP contribution in [-0.2, 0) is 19.1 Å². The Labute approximate surface area is 187 Å². The molecule has 0 saturated heterocycles. The van der Waals surface area contributed by atoms with Gasteiger partial charge in [-0.3, -0.25) is 0 Å². The van der Waals surface area contributed by atoms with Crippen LogP contribution in [0.5, 0.6) is 11.5 Å². The number of carbonyl (C=O) groups is 2. The molecule has 3 rings (SSSR count). The highest BCUT2D eigenvalue weighted by atomic mass is 16.6. The maximum absolute atomic E-state index is 12.5. The number of esters is 2. The summed E-state index contributed by atoms with van der Waals surface area (Å²) in [6.45, 7) is 4.22. The quantitative estimate of drug-likeness (QED) is 0.447. The fraction of sp³-hybridized carbons (Fsp3) is 0.280. The first-order valence-electron chi connectivity index (χ1n) is 10.4. The molecular formula is C25H27NO6. The molecule has 0 atom stereocenters. The van der Waals surface area contributed by atoms with Crippen molar-refractivity contribution in [3.05, 3.63) is 83.2 Å². The van der Waals surface area contributed by atoms with Gasteiger partial charge in [0.2, 0.25) is 0 Å². The third-order valence-corrected chi connectivity index (χ3v) is 4.78. The molecule has 0 aromatic heterocycles. The molecule has 2 aromatic carbocycles. The summed E-state index contributed by atoms with van der Waals surface area (Å²) in [6, 6.07) is 18.6. The van der Waals surface area contributed by atoms with Gasteiger partial charge in [-0.25, -0.2) is 9.59 Å². The van der Waals surface area contributed by atoms with Gasteiger partial charge in [-0.1, -0.05) is 36.4 Å². The molecule has 1 aliphatic heterocycles. The summed E-state index contributed by atoms with van der Waals surface area (Å²) in [5, 5.41) is 3.07. The first kappa shape index (κ1) is 22.9. The average Bonchev–Trinajstić information content (AvgIpc) is 2.81. The number of hydrogen-bond acceptors (Lipinski definition) is 7. The number of dihydropyridines is 1. The van der Waals surface area contributed by atoms with Crippen molar-refractivity contribution in [3.8, 4) is 11.5 Å². The van der Waals surface area contributed by atoms with Crippen LogP contribution in [-0.4, -0.2) is 38.4 Å². The number of rotatable bonds is 10. The molecule has 1 aliphatic rings. The van der Waals surface area contributed by atoms with E-state index < -0.39 is 11.9 Å². The molecule has 0 radical (unpaired) electrons. The van der Waals surface area contributed by atoms with E-state index in [1.54, 1.807) is 13.8 Å². The van der Waals surface area contributed by atoms with Gasteiger partial charge in [-0.05, 0) is 38.1 Å². The smallest absolute Gasteiger partial charge is 0.336 e. The molecule has 7 nitrogen and oxygen atoms in total. The monoisotopic (exact) mass is 437 g/mol. The Morgan fingerprint density at radius 2 is 1.09 bits per heavy atom. The van der Waals surface area contributed by atoms with Crippen LogP contribution < -0.4 is 14.8 Å². The summed E-state index contributed by atoms with van der Waals surface area (Å²) in [4.78, 5) is 25.1. The predicted molar refractivity (Wildman–Crippen MR) is 119 cm³/mol. The lowest BCUT2D eigenvalue weighted by atomic mass is 9.98. The largest absolute Gasteiger partial charge is 0.490 e. The van der Waals surface area contributed by atoms with Gasteiger partial charge in [0.25, 0.3) is 0 Å². The molecule has 0 fully saturated rings. The first-order chi connectivity index (χ1) is 15.5. The lowest BCUT2D eigenvalue weighted by Crippen LogP contribution is -2.27. The van der Waals surface area contributed by atoms with Crippen molar-refractivity contribution in [1.82, 2.24) is 5.32 Å². The summed E-state index contributed by atoms with van der Waals surface area (Å²) < 4.78 is 21.7. The SMILES string of the molecule is CC1=C(C(=O)OCCOc2ccccc2)CC(C(=O)OCCOc2ccccc2)=C(C)N1. The number of hydrogen-bond donors (Lipinski definition) is 1. The van der Waals surface area contributed by atoms with Crippen molar-refractivity contribution in [1.29, 1.82) is 0 Å². The molecule has 2 aromatic rings. The summed E-state index contributed by atoms with van der Waals surface area (Å²) in [7, 11) is 0. The number of allylic oxidation sites excluding steroid dienone is 2. The van der Waals surface area contributed by atoms with Gasteiger partial charge in [-0.2, -0.15) is 0 Å². The van der Waals surface area contributed by atoms with Crippen LogP contribution in [0.15, 0.2) is 83.2 Å². The number of benzene rings is 2. The van der Waals surface area contributed by atoms with Crippen molar-refractivity contribution >= 4 is 11.9 Å². The molecule has 0 spiro atoms. The molecule has 7 heteroatoms. The molecule has 32 heavy (non-hydrogen) atoms.